The van der Waals surface area contributed by atoms with Crippen LogP contribution in [-0.2, 0) is 9.59 Å². The number of nitrogens with zero attached hydrogens (tertiary/aromatic N) is 1. The van der Waals surface area contributed by atoms with Crippen molar-refractivity contribution in [3.63, 3.8) is 0 Å². The van der Waals surface area contributed by atoms with Gasteiger partial charge < -0.3 is 15.3 Å². The van der Waals surface area contributed by atoms with Gasteiger partial charge in [-0.2, -0.15) is 0 Å². The third-order valence-corrected chi connectivity index (χ3v) is 4.74. The molecule has 5 heteroatoms. The van der Waals surface area contributed by atoms with Crippen LogP contribution >= 0.6 is 0 Å². The Morgan fingerprint density at radius 3 is 2.40 bits per heavy atom. The number of amides is 2. The van der Waals surface area contributed by atoms with E-state index in [1.807, 2.05) is 36.4 Å². The lowest BCUT2D eigenvalue weighted by Gasteiger charge is -2.26. The van der Waals surface area contributed by atoms with E-state index >= 15 is 0 Å². The van der Waals surface area contributed by atoms with Crippen molar-refractivity contribution >= 4 is 11.8 Å². The second-order valence-corrected chi connectivity index (χ2v) is 6.38. The molecule has 0 unspecified atom stereocenters. The number of carbonyl (C=O) groups is 2. The summed E-state index contributed by atoms with van der Waals surface area (Å²) in [5.74, 6) is -0.399. The molecule has 25 heavy (non-hydrogen) atoms. The van der Waals surface area contributed by atoms with E-state index in [2.05, 4.69) is 5.32 Å². The Morgan fingerprint density at radius 2 is 1.76 bits per heavy atom. The van der Waals surface area contributed by atoms with Crippen LogP contribution in [0.4, 0.5) is 0 Å². The zero-order chi connectivity index (χ0) is 17.8. The average Bonchev–Trinajstić information content (AvgIpc) is 2.94. The Bertz CT molecular complexity index is 733. The fourth-order valence-electron chi connectivity index (χ4n) is 3.40. The molecule has 0 spiro atoms. The lowest BCUT2D eigenvalue weighted by atomic mass is 9.93. The molecule has 0 radical (unpaired) electrons. The molecule has 0 aromatic heterocycles. The number of aliphatic hydroxyl groups excluding tert-OH is 1. The molecule has 0 saturated carbocycles. The number of benzene rings is 2. The number of hydrogen-bond acceptors (Lipinski definition) is 3. The van der Waals surface area contributed by atoms with Gasteiger partial charge in [0.2, 0.25) is 5.91 Å². The largest absolute Gasteiger partial charge is 0.378 e. The second kappa shape index (κ2) is 7.49. The molecule has 2 N–H and O–H groups in total. The van der Waals surface area contributed by atoms with E-state index in [9.17, 15) is 14.7 Å². The normalized spacial score (nSPS) is 21.2. The smallest absolute Gasteiger partial charge is 0.253 e. The third kappa shape index (κ3) is 3.72. The predicted octanol–water partition coefficient (Wildman–Crippen LogP) is 2.06. The highest BCUT2D eigenvalue weighted by molar-refractivity contribution is 5.82. The van der Waals surface area contributed by atoms with Crippen LogP contribution in [-0.4, -0.2) is 35.4 Å². The van der Waals surface area contributed by atoms with E-state index in [1.54, 1.807) is 36.2 Å². The Kier molecular flexibility index (Phi) is 5.14. The molecular formula is C20H22N2O3. The van der Waals surface area contributed by atoms with Gasteiger partial charge in [0.15, 0.2) is 6.10 Å². The molecule has 3 rings (SSSR count). The maximum Gasteiger partial charge on any atom is 0.253 e. The van der Waals surface area contributed by atoms with Crippen LogP contribution in [0.2, 0.25) is 0 Å². The van der Waals surface area contributed by atoms with Gasteiger partial charge in [0.25, 0.3) is 5.91 Å². The minimum atomic E-state index is -1.20. The van der Waals surface area contributed by atoms with Crippen LogP contribution in [0.3, 0.4) is 0 Å². The summed E-state index contributed by atoms with van der Waals surface area (Å²) in [6.07, 6.45) is -0.816. The van der Waals surface area contributed by atoms with E-state index in [-0.39, 0.29) is 17.9 Å². The summed E-state index contributed by atoms with van der Waals surface area (Å²) in [5, 5.41) is 13.0. The summed E-state index contributed by atoms with van der Waals surface area (Å²) in [6, 6.07) is 18.6. The zero-order valence-electron chi connectivity index (χ0n) is 14.1. The van der Waals surface area contributed by atoms with Gasteiger partial charge in [0.1, 0.15) is 0 Å². The first kappa shape index (κ1) is 17.2. The van der Waals surface area contributed by atoms with Crippen molar-refractivity contribution in [1.82, 2.24) is 10.2 Å². The van der Waals surface area contributed by atoms with Crippen LogP contribution < -0.4 is 5.32 Å². The van der Waals surface area contributed by atoms with Crippen LogP contribution in [0.25, 0.3) is 0 Å². The molecule has 2 aromatic rings. The average molecular weight is 338 g/mol. The summed E-state index contributed by atoms with van der Waals surface area (Å²) >= 11 is 0. The van der Waals surface area contributed by atoms with Crippen molar-refractivity contribution in [3.8, 4) is 0 Å². The maximum atomic E-state index is 12.2. The van der Waals surface area contributed by atoms with Gasteiger partial charge in [-0.15, -0.1) is 0 Å². The summed E-state index contributed by atoms with van der Waals surface area (Å²) in [5.41, 5.74) is 1.61. The van der Waals surface area contributed by atoms with E-state index in [0.717, 1.165) is 5.56 Å². The number of likely N-dealkylation sites (tertiary alicyclic amines) is 1. The molecule has 1 saturated heterocycles. The van der Waals surface area contributed by atoms with E-state index < -0.39 is 12.0 Å². The van der Waals surface area contributed by atoms with Crippen molar-refractivity contribution in [2.75, 3.05) is 13.6 Å². The topological polar surface area (TPSA) is 69.6 Å². The van der Waals surface area contributed by atoms with Crippen molar-refractivity contribution in [1.29, 1.82) is 0 Å². The van der Waals surface area contributed by atoms with E-state index in [1.165, 1.54) is 0 Å². The third-order valence-electron chi connectivity index (χ3n) is 4.74. The van der Waals surface area contributed by atoms with Crippen LogP contribution in [0.5, 0.6) is 0 Å². The summed E-state index contributed by atoms with van der Waals surface area (Å²) in [6.45, 7) is 0.346. The molecule has 1 aliphatic heterocycles. The predicted molar refractivity (Wildman–Crippen MR) is 94.5 cm³/mol. The highest BCUT2D eigenvalue weighted by Crippen LogP contribution is 2.36. The first-order valence-electron chi connectivity index (χ1n) is 8.39. The number of aliphatic hydroxyl groups is 1. The lowest BCUT2D eigenvalue weighted by molar-refractivity contribution is -0.130. The Hall–Kier alpha value is -2.66. The van der Waals surface area contributed by atoms with Crippen LogP contribution in [0.15, 0.2) is 60.7 Å². The highest BCUT2D eigenvalue weighted by atomic mass is 16.3. The second-order valence-electron chi connectivity index (χ2n) is 6.38. The molecule has 0 bridgehead atoms. The summed E-state index contributed by atoms with van der Waals surface area (Å²) in [4.78, 5) is 26.1. The van der Waals surface area contributed by atoms with Crippen LogP contribution in [0, 0.1) is 5.92 Å². The fraction of sp³-hybridized carbons (Fsp3) is 0.300. The minimum absolute atomic E-state index is 0.0215. The SMILES string of the molecule is CN1C(=O)C[C@H](CNC(=O)[C@H](O)c2ccccc2)[C@H]1c1ccccc1. The monoisotopic (exact) mass is 338 g/mol. The first-order valence-corrected chi connectivity index (χ1v) is 8.39. The van der Waals surface area contributed by atoms with Gasteiger partial charge in [-0.25, -0.2) is 0 Å². The molecule has 130 valence electrons. The Balaban J connectivity index is 1.67. The number of rotatable bonds is 5. The zero-order valence-corrected chi connectivity index (χ0v) is 14.1. The molecule has 1 heterocycles. The van der Waals surface area contributed by atoms with E-state index in [4.69, 9.17) is 0 Å². The summed E-state index contributed by atoms with van der Waals surface area (Å²) < 4.78 is 0. The standard InChI is InChI=1S/C20H22N2O3/c1-22-17(23)12-16(18(22)14-8-4-2-5-9-14)13-21-20(25)19(24)15-10-6-3-7-11-15/h2-11,16,18-19,24H,12-13H2,1H3,(H,21,25)/t16-,18-,19-/m1/s1. The van der Waals surface area contributed by atoms with Crippen molar-refractivity contribution in [3.05, 3.63) is 71.8 Å². The fourth-order valence-corrected chi connectivity index (χ4v) is 3.40. The van der Waals surface area contributed by atoms with Gasteiger partial charge >= 0.3 is 0 Å². The minimum Gasteiger partial charge on any atom is -0.378 e. The molecule has 0 aliphatic carbocycles. The maximum absolute atomic E-state index is 12.2. The Morgan fingerprint density at radius 1 is 1.16 bits per heavy atom. The van der Waals surface area contributed by atoms with Gasteiger partial charge in [0.05, 0.1) is 6.04 Å². The quantitative estimate of drug-likeness (QED) is 0.877. The van der Waals surface area contributed by atoms with Gasteiger partial charge in [-0.05, 0) is 11.1 Å². The van der Waals surface area contributed by atoms with Crippen molar-refractivity contribution in [2.45, 2.75) is 18.6 Å². The van der Waals surface area contributed by atoms with Gasteiger partial charge in [-0.1, -0.05) is 60.7 Å². The van der Waals surface area contributed by atoms with Crippen LogP contribution in [0.1, 0.15) is 29.7 Å². The Labute approximate surface area is 147 Å². The number of nitrogens with one attached hydrogen (secondary N) is 1. The number of carbonyl (C=O) groups excluding carboxylic acids is 2. The van der Waals surface area contributed by atoms with Crippen molar-refractivity contribution in [2.24, 2.45) is 5.92 Å². The molecule has 5 nitrogen and oxygen atoms in total. The molecular weight excluding hydrogens is 316 g/mol. The highest BCUT2D eigenvalue weighted by Gasteiger charge is 2.38. The van der Waals surface area contributed by atoms with E-state index in [0.29, 0.717) is 18.5 Å². The molecule has 2 aromatic carbocycles. The number of hydrogen-bond donors (Lipinski definition) is 2. The summed E-state index contributed by atoms with van der Waals surface area (Å²) in [7, 11) is 1.79. The molecule has 3 atom stereocenters. The van der Waals surface area contributed by atoms with Gasteiger partial charge in [0, 0.05) is 25.9 Å². The lowest BCUT2D eigenvalue weighted by Crippen LogP contribution is -2.35. The van der Waals surface area contributed by atoms with Crippen molar-refractivity contribution < 1.29 is 14.7 Å². The first-order chi connectivity index (χ1) is 12.1. The molecule has 2 amide bonds. The van der Waals surface area contributed by atoms with Gasteiger partial charge in [-0.3, -0.25) is 9.59 Å². The molecule has 1 fully saturated rings. The molecule has 1 aliphatic rings.